The van der Waals surface area contributed by atoms with E-state index in [2.05, 4.69) is 15.2 Å². The number of nitro benzene ring substituents is 1. The van der Waals surface area contributed by atoms with E-state index in [4.69, 9.17) is 9.15 Å². The molecule has 0 unspecified atom stereocenters. The Morgan fingerprint density at radius 1 is 1.12 bits per heavy atom. The van der Waals surface area contributed by atoms with Crippen LogP contribution in [0.15, 0.2) is 53.2 Å². The highest BCUT2D eigenvalue weighted by molar-refractivity contribution is 5.89. The smallest absolute Gasteiger partial charge is 0.338 e. The molecule has 0 aliphatic heterocycles. The molecule has 0 atom stereocenters. The van der Waals surface area contributed by atoms with Gasteiger partial charge in [0.1, 0.15) is 0 Å². The molecular formula is C15H10N4O5. The second kappa shape index (κ2) is 6.65. The fraction of sp³-hybridized carbons (Fsp3) is 0.0667. The van der Waals surface area contributed by atoms with Gasteiger partial charge in [-0.05, 0) is 24.3 Å². The molecule has 3 rings (SSSR count). The number of pyridine rings is 1. The molecule has 9 nitrogen and oxygen atoms in total. The van der Waals surface area contributed by atoms with Crippen LogP contribution < -0.4 is 0 Å². The van der Waals surface area contributed by atoms with E-state index in [1.165, 1.54) is 48.8 Å². The van der Waals surface area contributed by atoms with E-state index < -0.39 is 10.9 Å². The van der Waals surface area contributed by atoms with Crippen LogP contribution >= 0.6 is 0 Å². The Labute approximate surface area is 135 Å². The summed E-state index contributed by atoms with van der Waals surface area (Å²) in [5.74, 6) is -0.238. The van der Waals surface area contributed by atoms with E-state index in [1.54, 1.807) is 0 Å². The molecule has 0 saturated carbocycles. The normalized spacial score (nSPS) is 10.3. The molecule has 2 heterocycles. The molecule has 2 aromatic heterocycles. The molecule has 0 N–H and O–H groups in total. The van der Waals surface area contributed by atoms with Gasteiger partial charge in [0.25, 0.3) is 11.6 Å². The molecule has 0 aliphatic carbocycles. The molecule has 24 heavy (non-hydrogen) atoms. The average molecular weight is 326 g/mol. The van der Waals surface area contributed by atoms with Gasteiger partial charge in [-0.25, -0.2) is 4.79 Å². The predicted octanol–water partition coefficient (Wildman–Crippen LogP) is 2.40. The Balaban J connectivity index is 1.65. The molecule has 0 radical (unpaired) electrons. The van der Waals surface area contributed by atoms with Crippen molar-refractivity contribution >= 4 is 11.7 Å². The molecule has 9 heteroatoms. The molecule has 0 amide bonds. The summed E-state index contributed by atoms with van der Waals surface area (Å²) in [4.78, 5) is 25.7. The van der Waals surface area contributed by atoms with Gasteiger partial charge in [0.05, 0.1) is 10.5 Å². The number of esters is 1. The third-order valence-electron chi connectivity index (χ3n) is 3.03. The maximum atomic E-state index is 11.8. The number of carbonyl (C=O) groups excluding carboxylic acids is 1. The summed E-state index contributed by atoms with van der Waals surface area (Å²) in [6.45, 7) is -0.179. The van der Waals surface area contributed by atoms with Gasteiger partial charge in [-0.1, -0.05) is 0 Å². The Kier molecular flexibility index (Phi) is 4.23. The van der Waals surface area contributed by atoms with Gasteiger partial charge < -0.3 is 9.15 Å². The molecule has 0 spiro atoms. The van der Waals surface area contributed by atoms with Gasteiger partial charge in [-0.3, -0.25) is 15.1 Å². The van der Waals surface area contributed by atoms with Crippen LogP contribution in [0.25, 0.3) is 11.5 Å². The number of nitrogens with zero attached hydrogens (tertiary/aromatic N) is 4. The third-order valence-corrected chi connectivity index (χ3v) is 3.03. The quantitative estimate of drug-likeness (QED) is 0.398. The number of rotatable bonds is 5. The minimum Gasteiger partial charge on any atom is -0.452 e. The van der Waals surface area contributed by atoms with E-state index in [-0.39, 0.29) is 24.1 Å². The first kappa shape index (κ1) is 15.3. The van der Waals surface area contributed by atoms with Gasteiger partial charge in [0, 0.05) is 30.1 Å². The minimum absolute atomic E-state index is 0.0373. The second-order valence-corrected chi connectivity index (χ2v) is 4.62. The van der Waals surface area contributed by atoms with Crippen molar-refractivity contribution in [2.75, 3.05) is 0 Å². The lowest BCUT2D eigenvalue weighted by molar-refractivity contribution is -0.384. The zero-order valence-electron chi connectivity index (χ0n) is 12.2. The highest BCUT2D eigenvalue weighted by Crippen LogP contribution is 2.21. The first-order chi connectivity index (χ1) is 11.6. The number of non-ortho nitro benzene ring substituents is 1. The van der Waals surface area contributed by atoms with Crippen molar-refractivity contribution in [2.45, 2.75) is 6.61 Å². The summed E-state index contributed by atoms with van der Waals surface area (Å²) < 4.78 is 10.4. The lowest BCUT2D eigenvalue weighted by atomic mass is 10.2. The van der Waals surface area contributed by atoms with Gasteiger partial charge in [-0.2, -0.15) is 0 Å². The number of ether oxygens (including phenoxy) is 1. The maximum Gasteiger partial charge on any atom is 0.338 e. The largest absolute Gasteiger partial charge is 0.452 e. The van der Waals surface area contributed by atoms with Crippen molar-refractivity contribution in [1.82, 2.24) is 15.2 Å². The maximum absolute atomic E-state index is 11.8. The fourth-order valence-electron chi connectivity index (χ4n) is 1.85. The zero-order chi connectivity index (χ0) is 16.9. The molecule has 0 aliphatic rings. The molecule has 1 aromatic carbocycles. The minimum atomic E-state index is -0.535. The number of carbonyl (C=O) groups is 1. The van der Waals surface area contributed by atoms with Gasteiger partial charge >= 0.3 is 5.97 Å². The van der Waals surface area contributed by atoms with Crippen molar-refractivity contribution in [1.29, 1.82) is 0 Å². The Bertz CT molecular complexity index is 861. The zero-order valence-corrected chi connectivity index (χ0v) is 12.2. The number of aromatic nitrogens is 3. The first-order valence-corrected chi connectivity index (χ1v) is 6.78. The van der Waals surface area contributed by atoms with Crippen LogP contribution in [0, 0.1) is 10.1 Å². The van der Waals surface area contributed by atoms with Crippen molar-refractivity contribution in [3.63, 3.8) is 0 Å². The molecule has 0 fully saturated rings. The van der Waals surface area contributed by atoms with Crippen LogP contribution in [0.4, 0.5) is 5.69 Å². The Morgan fingerprint density at radius 3 is 2.50 bits per heavy atom. The lowest BCUT2D eigenvalue weighted by Crippen LogP contribution is -2.05. The molecule has 0 saturated heterocycles. The lowest BCUT2D eigenvalue weighted by Gasteiger charge is -2.00. The summed E-state index contributed by atoms with van der Waals surface area (Å²) in [7, 11) is 0. The monoisotopic (exact) mass is 326 g/mol. The summed E-state index contributed by atoms with van der Waals surface area (Å²) in [5.41, 5.74) is 0.852. The number of hydrogen-bond acceptors (Lipinski definition) is 8. The number of hydrogen-bond donors (Lipinski definition) is 0. The van der Waals surface area contributed by atoms with Crippen LogP contribution in [0.1, 0.15) is 16.2 Å². The molecular weight excluding hydrogens is 316 g/mol. The van der Waals surface area contributed by atoms with E-state index in [9.17, 15) is 14.9 Å². The highest BCUT2D eigenvalue weighted by atomic mass is 16.6. The van der Waals surface area contributed by atoms with Crippen LogP contribution in [-0.4, -0.2) is 26.1 Å². The van der Waals surface area contributed by atoms with Crippen molar-refractivity contribution in [3.05, 3.63) is 70.4 Å². The predicted molar refractivity (Wildman–Crippen MR) is 79.7 cm³/mol. The highest BCUT2D eigenvalue weighted by Gasteiger charge is 2.13. The summed E-state index contributed by atoms with van der Waals surface area (Å²) in [6.07, 6.45) is 2.96. The number of benzene rings is 1. The fourth-order valence-corrected chi connectivity index (χ4v) is 1.85. The van der Waals surface area contributed by atoms with Crippen LogP contribution in [0.3, 0.4) is 0 Å². The topological polar surface area (TPSA) is 121 Å². The summed E-state index contributed by atoms with van der Waals surface area (Å²) >= 11 is 0. The first-order valence-electron chi connectivity index (χ1n) is 6.78. The number of nitro groups is 1. The molecule has 120 valence electrons. The van der Waals surface area contributed by atoms with Crippen LogP contribution in [-0.2, 0) is 11.3 Å². The van der Waals surface area contributed by atoms with E-state index >= 15 is 0 Å². The average Bonchev–Trinajstić information content (AvgIpc) is 3.09. The standard InChI is InChI=1S/C15H10N4O5/c20-15(11-5-7-16-8-6-11)23-9-13-17-18-14(24-13)10-1-3-12(4-2-10)19(21)22/h1-8H,9H2. The Hall–Kier alpha value is -3.62. The van der Waals surface area contributed by atoms with E-state index in [1.807, 2.05) is 0 Å². The molecule has 3 aromatic rings. The van der Waals surface area contributed by atoms with Gasteiger partial charge in [0.2, 0.25) is 5.89 Å². The Morgan fingerprint density at radius 2 is 1.83 bits per heavy atom. The van der Waals surface area contributed by atoms with Gasteiger partial charge in [-0.15, -0.1) is 10.2 Å². The van der Waals surface area contributed by atoms with Crippen LogP contribution in [0.5, 0.6) is 0 Å². The SMILES string of the molecule is O=C(OCc1nnc(-c2ccc([N+](=O)[O-])cc2)o1)c1ccncc1. The van der Waals surface area contributed by atoms with Crippen molar-refractivity contribution < 1.29 is 18.9 Å². The van der Waals surface area contributed by atoms with E-state index in [0.29, 0.717) is 11.1 Å². The van der Waals surface area contributed by atoms with Crippen molar-refractivity contribution in [3.8, 4) is 11.5 Å². The van der Waals surface area contributed by atoms with E-state index in [0.717, 1.165) is 0 Å². The summed E-state index contributed by atoms with van der Waals surface area (Å²) in [6, 6.07) is 8.72. The van der Waals surface area contributed by atoms with Crippen LogP contribution in [0.2, 0.25) is 0 Å². The second-order valence-electron chi connectivity index (χ2n) is 4.62. The van der Waals surface area contributed by atoms with Crippen molar-refractivity contribution in [2.24, 2.45) is 0 Å². The summed E-state index contributed by atoms with van der Waals surface area (Å²) in [5, 5.41) is 18.2. The molecule has 0 bridgehead atoms. The van der Waals surface area contributed by atoms with Gasteiger partial charge in [0.15, 0.2) is 6.61 Å². The third kappa shape index (κ3) is 3.40.